The molecule has 0 unspecified atom stereocenters. The third-order valence-electron chi connectivity index (χ3n) is 2.63. The minimum absolute atomic E-state index is 0.983. The maximum absolute atomic E-state index is 2.34. The fraction of sp³-hybridized carbons (Fsp3) is 0.667. The Morgan fingerprint density at radius 1 is 1.25 bits per heavy atom. The fourth-order valence-electron chi connectivity index (χ4n) is 1.83. The molecule has 0 aliphatic heterocycles. The first-order valence-corrected chi connectivity index (χ1v) is 5.19. The van der Waals surface area contributed by atoms with Crippen molar-refractivity contribution in [2.24, 2.45) is 5.92 Å². The molecule has 0 atom stereocenters. The van der Waals surface area contributed by atoms with Gasteiger partial charge in [-0.25, -0.2) is 0 Å². The van der Waals surface area contributed by atoms with Gasteiger partial charge in [0.2, 0.25) is 0 Å². The van der Waals surface area contributed by atoms with Gasteiger partial charge in [0.1, 0.15) is 0 Å². The molecular weight excluding hydrogens is 144 g/mol. The Balaban J connectivity index is 2.14. The van der Waals surface area contributed by atoms with Crippen LogP contribution < -0.4 is 0 Å². The van der Waals surface area contributed by atoms with E-state index in [2.05, 4.69) is 31.2 Å². The van der Waals surface area contributed by atoms with E-state index in [1.54, 1.807) is 0 Å². The standard InChI is InChI=1S/C12H20/c1-2-3-6-9-12-10-7-4-5-8-11-12/h2-5,12H,6-11H2,1H3/b3-2-. The average Bonchev–Trinajstić information content (AvgIpc) is 2.33. The minimum Gasteiger partial charge on any atom is -0.0917 e. The van der Waals surface area contributed by atoms with E-state index in [9.17, 15) is 0 Å². The second-order valence-corrected chi connectivity index (χ2v) is 3.64. The van der Waals surface area contributed by atoms with Gasteiger partial charge in [-0.3, -0.25) is 0 Å². The van der Waals surface area contributed by atoms with Crippen LogP contribution in [0.25, 0.3) is 0 Å². The summed E-state index contributed by atoms with van der Waals surface area (Å²) in [6, 6.07) is 0. The van der Waals surface area contributed by atoms with Gasteiger partial charge < -0.3 is 0 Å². The second kappa shape index (κ2) is 6.05. The van der Waals surface area contributed by atoms with E-state index in [1.165, 1.54) is 38.5 Å². The molecule has 0 amide bonds. The van der Waals surface area contributed by atoms with Gasteiger partial charge in [-0.1, -0.05) is 24.3 Å². The molecule has 0 bridgehead atoms. The van der Waals surface area contributed by atoms with E-state index >= 15 is 0 Å². The number of hydrogen-bond acceptors (Lipinski definition) is 0. The van der Waals surface area contributed by atoms with Gasteiger partial charge in [0.15, 0.2) is 0 Å². The molecule has 0 spiro atoms. The largest absolute Gasteiger partial charge is 0.0917 e. The van der Waals surface area contributed by atoms with Crippen LogP contribution in [0.3, 0.4) is 0 Å². The zero-order valence-corrected chi connectivity index (χ0v) is 8.13. The summed E-state index contributed by atoms with van der Waals surface area (Å²) in [5.74, 6) is 0.983. The molecule has 0 saturated heterocycles. The summed E-state index contributed by atoms with van der Waals surface area (Å²) in [5, 5.41) is 0. The number of allylic oxidation sites excluding steroid dienone is 4. The van der Waals surface area contributed by atoms with Crippen LogP contribution in [0.5, 0.6) is 0 Å². The molecule has 0 nitrogen and oxygen atoms in total. The highest BCUT2D eigenvalue weighted by atomic mass is 14.1. The maximum atomic E-state index is 2.34. The first-order valence-electron chi connectivity index (χ1n) is 5.19. The highest BCUT2D eigenvalue weighted by Gasteiger charge is 2.07. The monoisotopic (exact) mass is 164 g/mol. The Morgan fingerprint density at radius 3 is 2.50 bits per heavy atom. The summed E-state index contributed by atoms with van der Waals surface area (Å²) >= 11 is 0. The Morgan fingerprint density at radius 2 is 1.92 bits per heavy atom. The molecule has 68 valence electrons. The fourth-order valence-corrected chi connectivity index (χ4v) is 1.83. The Hall–Kier alpha value is -0.520. The van der Waals surface area contributed by atoms with E-state index in [0.29, 0.717) is 0 Å². The lowest BCUT2D eigenvalue weighted by Crippen LogP contribution is -1.97. The van der Waals surface area contributed by atoms with Crippen molar-refractivity contribution in [1.29, 1.82) is 0 Å². The van der Waals surface area contributed by atoms with Gasteiger partial charge >= 0.3 is 0 Å². The summed E-state index contributed by atoms with van der Waals surface area (Å²) in [6.07, 6.45) is 17.2. The van der Waals surface area contributed by atoms with Crippen molar-refractivity contribution < 1.29 is 0 Å². The predicted octanol–water partition coefficient (Wildman–Crippen LogP) is 4.09. The van der Waals surface area contributed by atoms with Crippen molar-refractivity contribution >= 4 is 0 Å². The lowest BCUT2D eigenvalue weighted by molar-refractivity contribution is 0.438. The van der Waals surface area contributed by atoms with E-state index in [-0.39, 0.29) is 0 Å². The molecule has 0 heterocycles. The third kappa shape index (κ3) is 3.75. The summed E-state index contributed by atoms with van der Waals surface area (Å²) in [5.41, 5.74) is 0. The molecule has 1 aliphatic rings. The molecular formula is C12H20. The van der Waals surface area contributed by atoms with Crippen LogP contribution in [0.4, 0.5) is 0 Å². The quantitative estimate of drug-likeness (QED) is 0.551. The van der Waals surface area contributed by atoms with Crippen LogP contribution in [0.1, 0.15) is 45.4 Å². The van der Waals surface area contributed by atoms with Gasteiger partial charge in [0, 0.05) is 0 Å². The number of hydrogen-bond donors (Lipinski definition) is 0. The first kappa shape index (κ1) is 9.57. The van der Waals surface area contributed by atoms with Gasteiger partial charge in [-0.2, -0.15) is 0 Å². The van der Waals surface area contributed by atoms with Crippen molar-refractivity contribution in [3.63, 3.8) is 0 Å². The van der Waals surface area contributed by atoms with Crippen molar-refractivity contribution in [3.8, 4) is 0 Å². The molecule has 0 aromatic heterocycles. The minimum atomic E-state index is 0.983. The van der Waals surface area contributed by atoms with Gasteiger partial charge in [-0.15, -0.1) is 0 Å². The first-order chi connectivity index (χ1) is 5.93. The summed E-state index contributed by atoms with van der Waals surface area (Å²) in [7, 11) is 0. The van der Waals surface area contributed by atoms with Crippen LogP contribution in [-0.2, 0) is 0 Å². The molecule has 0 aromatic rings. The SMILES string of the molecule is C/C=C\CCC1CCC=CCC1. The lowest BCUT2D eigenvalue weighted by Gasteiger charge is -2.11. The highest BCUT2D eigenvalue weighted by Crippen LogP contribution is 2.22. The van der Waals surface area contributed by atoms with Crippen molar-refractivity contribution in [2.45, 2.75) is 45.4 Å². The van der Waals surface area contributed by atoms with Gasteiger partial charge in [0.05, 0.1) is 0 Å². The predicted molar refractivity (Wildman–Crippen MR) is 55.1 cm³/mol. The summed E-state index contributed by atoms with van der Waals surface area (Å²) in [6.45, 7) is 2.11. The smallest absolute Gasteiger partial charge is 0.0348 e. The Kier molecular flexibility index (Phi) is 4.82. The normalized spacial score (nSPS) is 20.1. The van der Waals surface area contributed by atoms with Gasteiger partial charge in [0.25, 0.3) is 0 Å². The highest BCUT2D eigenvalue weighted by molar-refractivity contribution is 4.87. The van der Waals surface area contributed by atoms with Crippen molar-refractivity contribution in [3.05, 3.63) is 24.3 Å². The second-order valence-electron chi connectivity index (χ2n) is 3.64. The lowest BCUT2D eigenvalue weighted by atomic mass is 9.95. The molecule has 0 N–H and O–H groups in total. The molecule has 0 saturated carbocycles. The van der Waals surface area contributed by atoms with Crippen LogP contribution in [0.2, 0.25) is 0 Å². The molecule has 0 fully saturated rings. The van der Waals surface area contributed by atoms with E-state index in [1.807, 2.05) is 0 Å². The summed E-state index contributed by atoms with van der Waals surface area (Å²) < 4.78 is 0. The van der Waals surface area contributed by atoms with E-state index in [0.717, 1.165) is 5.92 Å². The zero-order valence-electron chi connectivity index (χ0n) is 8.13. The van der Waals surface area contributed by atoms with Crippen LogP contribution in [0.15, 0.2) is 24.3 Å². The molecule has 0 radical (unpaired) electrons. The average molecular weight is 164 g/mol. The van der Waals surface area contributed by atoms with Gasteiger partial charge in [-0.05, 0) is 51.4 Å². The van der Waals surface area contributed by atoms with Crippen molar-refractivity contribution in [1.82, 2.24) is 0 Å². The molecule has 0 aromatic carbocycles. The van der Waals surface area contributed by atoms with Crippen LogP contribution in [-0.4, -0.2) is 0 Å². The van der Waals surface area contributed by atoms with Crippen molar-refractivity contribution in [2.75, 3.05) is 0 Å². The zero-order chi connectivity index (χ0) is 8.65. The van der Waals surface area contributed by atoms with E-state index in [4.69, 9.17) is 0 Å². The maximum Gasteiger partial charge on any atom is -0.0348 e. The number of rotatable bonds is 3. The van der Waals surface area contributed by atoms with Crippen LogP contribution >= 0.6 is 0 Å². The Labute approximate surface area is 76.4 Å². The molecule has 12 heavy (non-hydrogen) atoms. The van der Waals surface area contributed by atoms with E-state index < -0.39 is 0 Å². The topological polar surface area (TPSA) is 0 Å². The Bertz CT molecular complexity index is 143. The third-order valence-corrected chi connectivity index (χ3v) is 2.63. The molecule has 0 heteroatoms. The summed E-state index contributed by atoms with van der Waals surface area (Å²) in [4.78, 5) is 0. The molecule has 1 rings (SSSR count). The van der Waals surface area contributed by atoms with Crippen LogP contribution in [0, 0.1) is 5.92 Å². The molecule has 1 aliphatic carbocycles.